The van der Waals surface area contributed by atoms with E-state index in [9.17, 15) is 14.0 Å². The van der Waals surface area contributed by atoms with Crippen LogP contribution < -0.4 is 10.6 Å². The topological polar surface area (TPSA) is 84.0 Å². The summed E-state index contributed by atoms with van der Waals surface area (Å²) in [6, 6.07) is 13.0. The predicted octanol–water partition coefficient (Wildman–Crippen LogP) is 4.22. The Bertz CT molecular complexity index is 976. The number of aromatic nitrogens is 2. The molecule has 0 spiro atoms. The SMILES string of the molecule is CSc1cccc(NC(=O)CCc2nnc(C(=O)Nc3ccc(F)cc3)s2)c1. The summed E-state index contributed by atoms with van der Waals surface area (Å²) in [5.41, 5.74) is 1.21. The number of amides is 2. The van der Waals surface area contributed by atoms with Crippen LogP contribution in [-0.2, 0) is 11.2 Å². The van der Waals surface area contributed by atoms with Crippen molar-refractivity contribution < 1.29 is 14.0 Å². The molecule has 3 rings (SSSR count). The molecule has 0 fully saturated rings. The van der Waals surface area contributed by atoms with Crippen LogP contribution in [0, 0.1) is 5.82 Å². The van der Waals surface area contributed by atoms with Crippen molar-refractivity contribution in [2.45, 2.75) is 17.7 Å². The minimum Gasteiger partial charge on any atom is -0.326 e. The zero-order valence-corrected chi connectivity index (χ0v) is 16.6. The number of carbonyl (C=O) groups excluding carboxylic acids is 2. The second kappa shape index (κ2) is 9.43. The van der Waals surface area contributed by atoms with Gasteiger partial charge in [0, 0.05) is 29.1 Å². The lowest BCUT2D eigenvalue weighted by Crippen LogP contribution is -2.12. The van der Waals surface area contributed by atoms with Gasteiger partial charge in [0.05, 0.1) is 0 Å². The molecule has 3 aromatic rings. The molecule has 0 unspecified atom stereocenters. The van der Waals surface area contributed by atoms with Crippen molar-refractivity contribution in [1.29, 1.82) is 0 Å². The van der Waals surface area contributed by atoms with Crippen molar-refractivity contribution in [3.05, 3.63) is 64.4 Å². The summed E-state index contributed by atoms with van der Waals surface area (Å²) >= 11 is 2.73. The quantitative estimate of drug-likeness (QED) is 0.564. The molecule has 2 amide bonds. The molecule has 0 radical (unpaired) electrons. The van der Waals surface area contributed by atoms with E-state index >= 15 is 0 Å². The Morgan fingerprint density at radius 3 is 2.61 bits per heavy atom. The second-order valence-corrected chi connectivity index (χ2v) is 7.68. The summed E-state index contributed by atoms with van der Waals surface area (Å²) < 4.78 is 12.9. The number of carbonyl (C=O) groups is 2. The first kappa shape index (κ1) is 20.0. The van der Waals surface area contributed by atoms with E-state index in [4.69, 9.17) is 0 Å². The van der Waals surface area contributed by atoms with Crippen LogP contribution in [-0.4, -0.2) is 28.3 Å². The van der Waals surface area contributed by atoms with E-state index in [1.165, 1.54) is 24.3 Å². The van der Waals surface area contributed by atoms with Gasteiger partial charge in [0.25, 0.3) is 5.91 Å². The molecule has 1 aromatic heterocycles. The van der Waals surface area contributed by atoms with Crippen LogP contribution >= 0.6 is 23.1 Å². The molecule has 0 saturated carbocycles. The Balaban J connectivity index is 1.51. The molecule has 0 saturated heterocycles. The highest BCUT2D eigenvalue weighted by atomic mass is 32.2. The van der Waals surface area contributed by atoms with Gasteiger partial charge in [-0.1, -0.05) is 17.4 Å². The fourth-order valence-electron chi connectivity index (χ4n) is 2.31. The first-order valence-corrected chi connectivity index (χ1v) is 10.4. The molecule has 28 heavy (non-hydrogen) atoms. The summed E-state index contributed by atoms with van der Waals surface area (Å²) in [7, 11) is 0. The molecule has 9 heteroatoms. The third kappa shape index (κ3) is 5.61. The highest BCUT2D eigenvalue weighted by Gasteiger charge is 2.14. The molecule has 2 aromatic carbocycles. The van der Waals surface area contributed by atoms with Gasteiger partial charge in [-0.25, -0.2) is 4.39 Å². The van der Waals surface area contributed by atoms with Crippen molar-refractivity contribution in [3.8, 4) is 0 Å². The number of nitrogens with zero attached hydrogens (tertiary/aromatic N) is 2. The summed E-state index contributed by atoms with van der Waals surface area (Å²) in [5, 5.41) is 14.1. The second-order valence-electron chi connectivity index (χ2n) is 5.74. The number of thioether (sulfide) groups is 1. The Labute approximate surface area is 169 Å². The maximum atomic E-state index is 12.9. The Hall–Kier alpha value is -2.78. The van der Waals surface area contributed by atoms with Gasteiger partial charge in [-0.2, -0.15) is 0 Å². The van der Waals surface area contributed by atoms with E-state index in [1.54, 1.807) is 11.8 Å². The highest BCUT2D eigenvalue weighted by Crippen LogP contribution is 2.19. The van der Waals surface area contributed by atoms with Gasteiger partial charge in [0.2, 0.25) is 10.9 Å². The van der Waals surface area contributed by atoms with Gasteiger partial charge in [0.1, 0.15) is 10.8 Å². The number of aryl methyl sites for hydroxylation is 1. The van der Waals surface area contributed by atoms with Gasteiger partial charge in [-0.3, -0.25) is 9.59 Å². The number of rotatable bonds is 7. The molecule has 144 valence electrons. The maximum absolute atomic E-state index is 12.9. The molecule has 0 atom stereocenters. The first-order chi connectivity index (χ1) is 13.5. The maximum Gasteiger partial charge on any atom is 0.286 e. The van der Waals surface area contributed by atoms with Crippen LogP contribution in [0.4, 0.5) is 15.8 Å². The lowest BCUT2D eigenvalue weighted by atomic mass is 10.2. The molecule has 1 heterocycles. The Morgan fingerprint density at radius 2 is 1.86 bits per heavy atom. The molecule has 2 N–H and O–H groups in total. The minimum atomic E-state index is -0.423. The number of benzene rings is 2. The lowest BCUT2D eigenvalue weighted by molar-refractivity contribution is -0.116. The van der Waals surface area contributed by atoms with Crippen LogP contribution in [0.25, 0.3) is 0 Å². The van der Waals surface area contributed by atoms with Gasteiger partial charge in [0.15, 0.2) is 0 Å². The van der Waals surface area contributed by atoms with E-state index in [0.717, 1.165) is 21.9 Å². The van der Waals surface area contributed by atoms with Gasteiger partial charge < -0.3 is 10.6 Å². The van der Waals surface area contributed by atoms with Gasteiger partial charge >= 0.3 is 0 Å². The van der Waals surface area contributed by atoms with E-state index in [2.05, 4.69) is 20.8 Å². The third-order valence-electron chi connectivity index (χ3n) is 3.68. The van der Waals surface area contributed by atoms with Gasteiger partial charge in [-0.15, -0.1) is 22.0 Å². The predicted molar refractivity (Wildman–Crippen MR) is 109 cm³/mol. The Kier molecular flexibility index (Phi) is 6.72. The number of hydrogen-bond acceptors (Lipinski definition) is 6. The third-order valence-corrected chi connectivity index (χ3v) is 5.39. The van der Waals surface area contributed by atoms with Crippen LogP contribution in [0.3, 0.4) is 0 Å². The number of nitrogens with one attached hydrogen (secondary N) is 2. The van der Waals surface area contributed by atoms with Crippen LogP contribution in [0.1, 0.15) is 21.2 Å². The zero-order chi connectivity index (χ0) is 19.9. The number of anilines is 2. The smallest absolute Gasteiger partial charge is 0.286 e. The van der Waals surface area contributed by atoms with E-state index in [0.29, 0.717) is 17.1 Å². The van der Waals surface area contributed by atoms with Crippen molar-refractivity contribution in [1.82, 2.24) is 10.2 Å². The minimum absolute atomic E-state index is 0.134. The summed E-state index contributed by atoms with van der Waals surface area (Å²) in [6.07, 6.45) is 2.59. The molecule has 0 aliphatic heterocycles. The van der Waals surface area contributed by atoms with Crippen LogP contribution in [0.2, 0.25) is 0 Å². The van der Waals surface area contributed by atoms with Gasteiger partial charge in [-0.05, 0) is 48.7 Å². The first-order valence-electron chi connectivity index (χ1n) is 8.36. The fraction of sp³-hybridized carbons (Fsp3) is 0.158. The molecule has 0 aliphatic rings. The summed E-state index contributed by atoms with van der Waals surface area (Å²) in [5.74, 6) is -0.936. The van der Waals surface area contributed by atoms with Crippen molar-refractivity contribution in [3.63, 3.8) is 0 Å². The molecule has 0 bridgehead atoms. The van der Waals surface area contributed by atoms with E-state index in [-0.39, 0.29) is 23.2 Å². The number of halogens is 1. The van der Waals surface area contributed by atoms with Crippen molar-refractivity contribution in [2.75, 3.05) is 16.9 Å². The Morgan fingerprint density at radius 1 is 1.07 bits per heavy atom. The lowest BCUT2D eigenvalue weighted by Gasteiger charge is -2.05. The zero-order valence-electron chi connectivity index (χ0n) is 14.9. The standard InChI is InChI=1S/C19H17FN4O2S2/c1-27-15-4-2-3-14(11-15)21-16(25)9-10-17-23-24-19(28-17)18(26)22-13-7-5-12(20)6-8-13/h2-8,11H,9-10H2,1H3,(H,21,25)(H,22,26). The van der Waals surface area contributed by atoms with Crippen LogP contribution in [0.15, 0.2) is 53.4 Å². The fourth-order valence-corrected chi connectivity index (χ4v) is 3.50. The van der Waals surface area contributed by atoms with E-state index < -0.39 is 5.91 Å². The summed E-state index contributed by atoms with van der Waals surface area (Å²) in [4.78, 5) is 25.4. The van der Waals surface area contributed by atoms with Crippen molar-refractivity contribution in [2.24, 2.45) is 0 Å². The molecular formula is C19H17FN4O2S2. The number of hydrogen-bond donors (Lipinski definition) is 2. The molecule has 0 aliphatic carbocycles. The largest absolute Gasteiger partial charge is 0.326 e. The monoisotopic (exact) mass is 416 g/mol. The normalized spacial score (nSPS) is 10.5. The van der Waals surface area contributed by atoms with Crippen LogP contribution in [0.5, 0.6) is 0 Å². The summed E-state index contributed by atoms with van der Waals surface area (Å²) in [6.45, 7) is 0. The molecular weight excluding hydrogens is 399 g/mol. The highest BCUT2D eigenvalue weighted by molar-refractivity contribution is 7.98. The van der Waals surface area contributed by atoms with E-state index in [1.807, 2.05) is 30.5 Å². The average molecular weight is 417 g/mol. The average Bonchev–Trinajstić information content (AvgIpc) is 3.17. The molecule has 6 nitrogen and oxygen atoms in total. The van der Waals surface area contributed by atoms with Crippen molar-refractivity contribution >= 4 is 46.3 Å².